The molecule has 1 aromatic rings. The first-order valence-corrected chi connectivity index (χ1v) is 4.90. The molecule has 2 rings (SSSR count). The van der Waals surface area contributed by atoms with Gasteiger partial charge in [0.25, 0.3) is 5.91 Å². The van der Waals surface area contributed by atoms with E-state index in [-0.39, 0.29) is 5.91 Å². The highest BCUT2D eigenvalue weighted by molar-refractivity contribution is 6.07. The van der Waals surface area contributed by atoms with E-state index in [9.17, 15) is 4.79 Å². The topological polar surface area (TPSA) is 23.6 Å². The van der Waals surface area contributed by atoms with Crippen LogP contribution in [0.2, 0.25) is 0 Å². The summed E-state index contributed by atoms with van der Waals surface area (Å²) in [5, 5.41) is 3.56. The van der Waals surface area contributed by atoms with Crippen LogP contribution >= 0.6 is 0 Å². The standard InChI is InChI=1S/C12H14N2O/c1-9-6-4-5-7-11(9)14-12(15)10(2)8-13(14)3/h4-7H,2,8H2,1,3H3. The molecule has 0 saturated carbocycles. The molecule has 1 aliphatic rings. The van der Waals surface area contributed by atoms with Crippen molar-refractivity contribution >= 4 is 11.6 Å². The largest absolute Gasteiger partial charge is 0.269 e. The summed E-state index contributed by atoms with van der Waals surface area (Å²) in [7, 11) is 1.89. The molecule has 0 atom stereocenters. The molecular weight excluding hydrogens is 188 g/mol. The van der Waals surface area contributed by atoms with E-state index in [1.165, 1.54) is 0 Å². The molecule has 0 bridgehead atoms. The van der Waals surface area contributed by atoms with Gasteiger partial charge in [-0.2, -0.15) is 0 Å². The van der Waals surface area contributed by atoms with Crippen molar-refractivity contribution in [2.75, 3.05) is 18.6 Å². The number of carbonyl (C=O) groups excluding carboxylic acids is 1. The lowest BCUT2D eigenvalue weighted by atomic mass is 10.2. The molecule has 0 spiro atoms. The highest BCUT2D eigenvalue weighted by Gasteiger charge is 2.31. The Hall–Kier alpha value is -1.61. The molecule has 0 N–H and O–H groups in total. The Morgan fingerprint density at radius 1 is 1.33 bits per heavy atom. The number of anilines is 1. The Labute approximate surface area is 89.6 Å². The number of carbonyl (C=O) groups is 1. The van der Waals surface area contributed by atoms with Gasteiger partial charge in [0, 0.05) is 19.2 Å². The van der Waals surface area contributed by atoms with Crippen LogP contribution in [0, 0.1) is 6.92 Å². The summed E-state index contributed by atoms with van der Waals surface area (Å²) < 4.78 is 0. The molecular formula is C12H14N2O. The number of hydrazine groups is 1. The maximum atomic E-state index is 11.9. The summed E-state index contributed by atoms with van der Waals surface area (Å²) in [5.41, 5.74) is 2.66. The first-order chi connectivity index (χ1) is 7.11. The Kier molecular flexibility index (Phi) is 2.32. The lowest BCUT2D eigenvalue weighted by molar-refractivity contribution is -0.115. The number of hydrogen-bond acceptors (Lipinski definition) is 2. The van der Waals surface area contributed by atoms with E-state index in [4.69, 9.17) is 0 Å². The summed E-state index contributed by atoms with van der Waals surface area (Å²) in [4.78, 5) is 11.9. The van der Waals surface area contributed by atoms with E-state index in [0.29, 0.717) is 12.1 Å². The van der Waals surface area contributed by atoms with Crippen LogP contribution in [0.5, 0.6) is 0 Å². The minimum absolute atomic E-state index is 0.00759. The lowest BCUT2D eigenvalue weighted by Gasteiger charge is -2.24. The van der Waals surface area contributed by atoms with E-state index in [1.54, 1.807) is 5.01 Å². The molecule has 1 aliphatic heterocycles. The lowest BCUT2D eigenvalue weighted by Crippen LogP contribution is -2.36. The van der Waals surface area contributed by atoms with Gasteiger partial charge in [0.15, 0.2) is 0 Å². The van der Waals surface area contributed by atoms with Crippen molar-refractivity contribution in [3.05, 3.63) is 42.0 Å². The van der Waals surface area contributed by atoms with Gasteiger partial charge in [-0.15, -0.1) is 0 Å². The Bertz CT molecular complexity index is 425. The van der Waals surface area contributed by atoms with Crippen LogP contribution in [0.25, 0.3) is 0 Å². The molecule has 15 heavy (non-hydrogen) atoms. The van der Waals surface area contributed by atoms with Gasteiger partial charge in [-0.3, -0.25) is 4.79 Å². The summed E-state index contributed by atoms with van der Waals surface area (Å²) in [6.45, 7) is 6.36. The Morgan fingerprint density at radius 3 is 2.53 bits per heavy atom. The average Bonchev–Trinajstić information content (AvgIpc) is 2.43. The van der Waals surface area contributed by atoms with E-state index in [0.717, 1.165) is 11.3 Å². The Balaban J connectivity index is 2.43. The first-order valence-electron chi connectivity index (χ1n) is 4.90. The van der Waals surface area contributed by atoms with Crippen LogP contribution in [0.3, 0.4) is 0 Å². The zero-order valence-corrected chi connectivity index (χ0v) is 9.03. The van der Waals surface area contributed by atoms with Gasteiger partial charge in [-0.1, -0.05) is 24.8 Å². The van der Waals surface area contributed by atoms with Crippen molar-refractivity contribution in [2.24, 2.45) is 0 Å². The minimum Gasteiger partial charge on any atom is -0.268 e. The third-order valence-electron chi connectivity index (χ3n) is 2.60. The molecule has 0 unspecified atom stereocenters. The van der Waals surface area contributed by atoms with Crippen LogP contribution in [0.15, 0.2) is 36.4 Å². The van der Waals surface area contributed by atoms with Crippen LogP contribution < -0.4 is 5.01 Å². The number of likely N-dealkylation sites (N-methyl/N-ethyl adjacent to an activating group) is 1. The monoisotopic (exact) mass is 202 g/mol. The number of hydrogen-bond donors (Lipinski definition) is 0. The van der Waals surface area contributed by atoms with Crippen LogP contribution in [0.1, 0.15) is 5.56 Å². The number of aryl methyl sites for hydroxylation is 1. The second-order valence-electron chi connectivity index (χ2n) is 3.82. The molecule has 1 fully saturated rings. The normalized spacial score (nSPS) is 17.6. The molecule has 0 aliphatic carbocycles. The van der Waals surface area contributed by atoms with Crippen molar-refractivity contribution < 1.29 is 4.79 Å². The van der Waals surface area contributed by atoms with Gasteiger partial charge in [-0.25, -0.2) is 10.0 Å². The van der Waals surface area contributed by atoms with Gasteiger partial charge < -0.3 is 0 Å². The third-order valence-corrected chi connectivity index (χ3v) is 2.60. The van der Waals surface area contributed by atoms with Gasteiger partial charge in [0.2, 0.25) is 0 Å². The third kappa shape index (κ3) is 1.55. The van der Waals surface area contributed by atoms with Crippen molar-refractivity contribution in [2.45, 2.75) is 6.92 Å². The van der Waals surface area contributed by atoms with E-state index in [2.05, 4.69) is 6.58 Å². The molecule has 78 valence electrons. The van der Waals surface area contributed by atoms with Crippen molar-refractivity contribution in [1.29, 1.82) is 0 Å². The quantitative estimate of drug-likeness (QED) is 0.648. The fraction of sp³-hybridized carbons (Fsp3) is 0.250. The van der Waals surface area contributed by atoms with Crippen LogP contribution in [-0.2, 0) is 4.79 Å². The highest BCUT2D eigenvalue weighted by Crippen LogP contribution is 2.26. The molecule has 1 saturated heterocycles. The maximum Gasteiger partial charge on any atom is 0.269 e. The van der Waals surface area contributed by atoms with Crippen LogP contribution in [-0.4, -0.2) is 24.5 Å². The second-order valence-corrected chi connectivity index (χ2v) is 3.82. The average molecular weight is 202 g/mol. The number of rotatable bonds is 1. The zero-order chi connectivity index (χ0) is 11.0. The van der Waals surface area contributed by atoms with Gasteiger partial charge in [-0.05, 0) is 18.6 Å². The molecule has 1 aromatic carbocycles. The summed E-state index contributed by atoms with van der Waals surface area (Å²) in [5.74, 6) is -0.00759. The predicted molar refractivity (Wildman–Crippen MR) is 60.4 cm³/mol. The summed E-state index contributed by atoms with van der Waals surface area (Å²) in [6.07, 6.45) is 0. The van der Waals surface area contributed by atoms with E-state index >= 15 is 0 Å². The smallest absolute Gasteiger partial charge is 0.268 e. The van der Waals surface area contributed by atoms with Crippen molar-refractivity contribution in [3.8, 4) is 0 Å². The number of amides is 1. The van der Waals surface area contributed by atoms with Crippen molar-refractivity contribution in [1.82, 2.24) is 5.01 Å². The van der Waals surface area contributed by atoms with E-state index in [1.807, 2.05) is 43.2 Å². The number of nitrogens with zero attached hydrogens (tertiary/aromatic N) is 2. The SMILES string of the molecule is C=C1CN(C)N(c2ccccc2C)C1=O. The molecule has 0 radical (unpaired) electrons. The highest BCUT2D eigenvalue weighted by atomic mass is 16.2. The number of benzene rings is 1. The van der Waals surface area contributed by atoms with Gasteiger partial charge in [0.05, 0.1) is 5.69 Å². The maximum absolute atomic E-state index is 11.9. The predicted octanol–water partition coefficient (Wildman–Crippen LogP) is 1.74. The van der Waals surface area contributed by atoms with Crippen molar-refractivity contribution in [3.63, 3.8) is 0 Å². The summed E-state index contributed by atoms with van der Waals surface area (Å²) >= 11 is 0. The molecule has 3 nitrogen and oxygen atoms in total. The fourth-order valence-corrected chi connectivity index (χ4v) is 1.81. The first kappa shape index (κ1) is 9.93. The summed E-state index contributed by atoms with van der Waals surface area (Å²) in [6, 6.07) is 7.85. The van der Waals surface area contributed by atoms with E-state index < -0.39 is 0 Å². The molecule has 0 aromatic heterocycles. The number of para-hydroxylation sites is 1. The molecule has 1 heterocycles. The second kappa shape index (κ2) is 3.51. The van der Waals surface area contributed by atoms with Gasteiger partial charge in [0.1, 0.15) is 0 Å². The minimum atomic E-state index is -0.00759. The molecule has 1 amide bonds. The fourth-order valence-electron chi connectivity index (χ4n) is 1.81. The Morgan fingerprint density at radius 2 is 2.00 bits per heavy atom. The van der Waals surface area contributed by atoms with Crippen LogP contribution in [0.4, 0.5) is 5.69 Å². The molecule has 3 heteroatoms. The van der Waals surface area contributed by atoms with Gasteiger partial charge >= 0.3 is 0 Å². The zero-order valence-electron chi connectivity index (χ0n) is 9.03.